The molecule has 1 amide bonds. The van der Waals surface area contributed by atoms with Gasteiger partial charge in [0, 0.05) is 0 Å². The predicted octanol–water partition coefficient (Wildman–Crippen LogP) is 0.902. The van der Waals surface area contributed by atoms with E-state index in [2.05, 4.69) is 14.9 Å². The van der Waals surface area contributed by atoms with Crippen LogP contribution in [0.15, 0.2) is 6.20 Å². The molecule has 0 saturated heterocycles. The van der Waals surface area contributed by atoms with E-state index in [4.69, 9.17) is 0 Å². The van der Waals surface area contributed by atoms with E-state index in [-0.39, 0.29) is 6.54 Å². The molecule has 1 N–H and O–H groups in total. The molecule has 0 radical (unpaired) electrons. The zero-order valence-corrected chi connectivity index (χ0v) is 8.19. The van der Waals surface area contributed by atoms with E-state index in [1.54, 1.807) is 0 Å². The molecule has 4 nitrogen and oxygen atoms in total. The third-order valence-electron chi connectivity index (χ3n) is 1.37. The van der Waals surface area contributed by atoms with Crippen molar-refractivity contribution in [1.82, 2.24) is 14.9 Å². The third kappa shape index (κ3) is 3.06. The number of aromatic nitrogens is 2. The lowest BCUT2D eigenvalue weighted by molar-refractivity contribution is -0.130. The highest BCUT2D eigenvalue weighted by molar-refractivity contribution is 7.05. The van der Waals surface area contributed by atoms with Crippen LogP contribution in [0, 0.1) is 0 Å². The van der Waals surface area contributed by atoms with Crippen LogP contribution in [0.1, 0.15) is 18.7 Å². The summed E-state index contributed by atoms with van der Waals surface area (Å²) in [5.41, 5.74) is -1.84. The summed E-state index contributed by atoms with van der Waals surface area (Å²) in [5.74, 6) is -0.624. The van der Waals surface area contributed by atoms with E-state index in [1.807, 2.05) is 0 Å². The number of carbonyl (C=O) groups excluding carboxylic acids is 1. The standard InChI is InChI=1S/C7H10FN3OS/c1-7(2,8)6(12)9-3-5-4-10-11-13-5/h4H,3H2,1-2H3,(H,9,12). The Morgan fingerprint density at radius 1 is 1.77 bits per heavy atom. The second kappa shape index (κ2) is 3.78. The molecule has 1 aromatic rings. The molecule has 72 valence electrons. The molecule has 0 aliphatic heterocycles. The molecular weight excluding hydrogens is 193 g/mol. The summed E-state index contributed by atoms with van der Waals surface area (Å²) >= 11 is 1.18. The molecule has 0 aliphatic carbocycles. The lowest BCUT2D eigenvalue weighted by atomic mass is 10.1. The smallest absolute Gasteiger partial charge is 0.257 e. The van der Waals surface area contributed by atoms with Crippen LogP contribution in [0.25, 0.3) is 0 Å². The van der Waals surface area contributed by atoms with Crippen LogP contribution in [0.2, 0.25) is 0 Å². The number of carbonyl (C=O) groups is 1. The number of alkyl halides is 1. The van der Waals surface area contributed by atoms with Gasteiger partial charge in [-0.15, -0.1) is 5.10 Å². The first kappa shape index (κ1) is 10.0. The van der Waals surface area contributed by atoms with Crippen LogP contribution in [-0.4, -0.2) is 21.2 Å². The highest BCUT2D eigenvalue weighted by atomic mass is 32.1. The molecule has 0 aromatic carbocycles. The molecular formula is C7H10FN3OS. The Kier molecular flexibility index (Phi) is 2.92. The van der Waals surface area contributed by atoms with E-state index in [0.29, 0.717) is 0 Å². The van der Waals surface area contributed by atoms with Crippen LogP contribution >= 0.6 is 11.5 Å². The normalized spacial score (nSPS) is 11.3. The van der Waals surface area contributed by atoms with Gasteiger partial charge in [-0.05, 0) is 25.4 Å². The molecule has 0 spiro atoms. The summed E-state index contributed by atoms with van der Waals surface area (Å²) in [6, 6.07) is 0. The molecule has 1 heterocycles. The molecule has 0 fully saturated rings. The molecule has 1 aromatic heterocycles. The van der Waals surface area contributed by atoms with Gasteiger partial charge in [0.15, 0.2) is 5.67 Å². The molecule has 0 saturated carbocycles. The van der Waals surface area contributed by atoms with Gasteiger partial charge in [-0.3, -0.25) is 4.79 Å². The number of hydrogen-bond donors (Lipinski definition) is 1. The summed E-state index contributed by atoms with van der Waals surface area (Å²) in [6.07, 6.45) is 1.54. The van der Waals surface area contributed by atoms with Gasteiger partial charge in [0.1, 0.15) is 0 Å². The van der Waals surface area contributed by atoms with Crippen molar-refractivity contribution in [3.63, 3.8) is 0 Å². The second-order valence-corrected chi connectivity index (χ2v) is 3.91. The van der Waals surface area contributed by atoms with Crippen LogP contribution in [0.3, 0.4) is 0 Å². The maximum Gasteiger partial charge on any atom is 0.257 e. The number of nitrogens with zero attached hydrogens (tertiary/aromatic N) is 2. The molecule has 1 rings (SSSR count). The first-order chi connectivity index (χ1) is 6.00. The highest BCUT2D eigenvalue weighted by Gasteiger charge is 2.25. The topological polar surface area (TPSA) is 54.9 Å². The molecule has 0 unspecified atom stereocenters. The average molecular weight is 203 g/mol. The van der Waals surface area contributed by atoms with E-state index in [0.717, 1.165) is 4.88 Å². The van der Waals surface area contributed by atoms with Crippen molar-refractivity contribution in [2.75, 3.05) is 0 Å². The fourth-order valence-corrected chi connectivity index (χ4v) is 1.07. The number of hydrogen-bond acceptors (Lipinski definition) is 4. The summed E-state index contributed by atoms with van der Waals surface area (Å²) in [7, 11) is 0. The zero-order valence-electron chi connectivity index (χ0n) is 7.37. The number of halogens is 1. The van der Waals surface area contributed by atoms with E-state index < -0.39 is 11.6 Å². The van der Waals surface area contributed by atoms with Gasteiger partial charge in [0.05, 0.1) is 17.6 Å². The van der Waals surface area contributed by atoms with E-state index in [1.165, 1.54) is 31.6 Å². The Labute approximate surface area is 79.3 Å². The maximum atomic E-state index is 13.0. The fourth-order valence-electron chi connectivity index (χ4n) is 0.643. The average Bonchev–Trinajstić information content (AvgIpc) is 2.50. The maximum absolute atomic E-state index is 13.0. The summed E-state index contributed by atoms with van der Waals surface area (Å²) in [4.78, 5) is 11.8. The largest absolute Gasteiger partial charge is 0.348 e. The predicted molar refractivity (Wildman–Crippen MR) is 46.9 cm³/mol. The monoisotopic (exact) mass is 203 g/mol. The third-order valence-corrected chi connectivity index (χ3v) is 2.03. The van der Waals surface area contributed by atoms with Gasteiger partial charge in [-0.25, -0.2) is 4.39 Å². The number of rotatable bonds is 3. The number of amides is 1. The molecule has 0 atom stereocenters. The van der Waals surface area contributed by atoms with Gasteiger partial charge >= 0.3 is 0 Å². The number of nitrogens with one attached hydrogen (secondary N) is 1. The van der Waals surface area contributed by atoms with Crippen molar-refractivity contribution < 1.29 is 9.18 Å². The lowest BCUT2D eigenvalue weighted by Gasteiger charge is -2.12. The second-order valence-electron chi connectivity index (χ2n) is 3.04. The van der Waals surface area contributed by atoms with Gasteiger partial charge in [0.25, 0.3) is 5.91 Å². The van der Waals surface area contributed by atoms with Crippen molar-refractivity contribution >= 4 is 17.4 Å². The van der Waals surface area contributed by atoms with E-state index >= 15 is 0 Å². The zero-order chi connectivity index (χ0) is 9.90. The highest BCUT2D eigenvalue weighted by Crippen LogP contribution is 2.08. The van der Waals surface area contributed by atoms with Crippen LogP contribution in [0.5, 0.6) is 0 Å². The fraction of sp³-hybridized carbons (Fsp3) is 0.571. The molecule has 6 heteroatoms. The van der Waals surface area contributed by atoms with Crippen molar-refractivity contribution in [1.29, 1.82) is 0 Å². The van der Waals surface area contributed by atoms with Crippen LogP contribution < -0.4 is 5.32 Å². The van der Waals surface area contributed by atoms with Crippen LogP contribution in [-0.2, 0) is 11.3 Å². The Bertz CT molecular complexity index is 280. The van der Waals surface area contributed by atoms with E-state index in [9.17, 15) is 9.18 Å². The van der Waals surface area contributed by atoms with Gasteiger partial charge in [-0.2, -0.15) is 0 Å². The van der Waals surface area contributed by atoms with Crippen LogP contribution in [0.4, 0.5) is 4.39 Å². The van der Waals surface area contributed by atoms with Gasteiger partial charge in [0.2, 0.25) is 0 Å². The Balaban J connectivity index is 2.40. The quantitative estimate of drug-likeness (QED) is 0.794. The SMILES string of the molecule is CC(C)(F)C(=O)NCc1cnns1. The van der Waals surface area contributed by atoms with Crippen molar-refractivity contribution in [2.45, 2.75) is 26.1 Å². The Morgan fingerprint density at radius 3 is 2.92 bits per heavy atom. The summed E-state index contributed by atoms with van der Waals surface area (Å²) in [5, 5.41) is 6.03. The first-order valence-electron chi connectivity index (χ1n) is 3.73. The molecule has 0 bridgehead atoms. The molecule has 0 aliphatic rings. The van der Waals surface area contributed by atoms with Gasteiger partial charge in [-0.1, -0.05) is 4.49 Å². The van der Waals surface area contributed by atoms with Crippen molar-refractivity contribution in [2.24, 2.45) is 0 Å². The summed E-state index contributed by atoms with van der Waals surface area (Å²) < 4.78 is 16.6. The first-order valence-corrected chi connectivity index (χ1v) is 4.51. The minimum Gasteiger partial charge on any atom is -0.348 e. The van der Waals surface area contributed by atoms with Gasteiger partial charge < -0.3 is 5.32 Å². The molecule has 13 heavy (non-hydrogen) atoms. The Morgan fingerprint density at radius 2 is 2.46 bits per heavy atom. The minimum absolute atomic E-state index is 0.282. The summed E-state index contributed by atoms with van der Waals surface area (Å²) in [6.45, 7) is 2.71. The Hall–Kier alpha value is -1.04. The van der Waals surface area contributed by atoms with Crippen molar-refractivity contribution in [3.8, 4) is 0 Å². The minimum atomic E-state index is -1.84. The van der Waals surface area contributed by atoms with Crippen molar-refractivity contribution in [3.05, 3.63) is 11.1 Å². The lowest BCUT2D eigenvalue weighted by Crippen LogP contribution is -2.38.